The van der Waals surface area contributed by atoms with E-state index in [9.17, 15) is 0 Å². The van der Waals surface area contributed by atoms with Crippen molar-refractivity contribution in [3.8, 4) is 0 Å². The molecule has 2 fully saturated rings. The summed E-state index contributed by atoms with van der Waals surface area (Å²) in [4.78, 5) is 0. The van der Waals surface area contributed by atoms with Gasteiger partial charge in [-0.15, -0.1) is 0 Å². The van der Waals surface area contributed by atoms with Gasteiger partial charge in [0.2, 0.25) is 0 Å². The van der Waals surface area contributed by atoms with Gasteiger partial charge in [0.15, 0.2) is 0 Å². The summed E-state index contributed by atoms with van der Waals surface area (Å²) in [5, 5.41) is 1.40. The molecule has 1 aromatic carbocycles. The highest BCUT2D eigenvalue weighted by Gasteiger charge is 2.42. The molecule has 17 heavy (non-hydrogen) atoms. The minimum Gasteiger partial charge on any atom is -0.324 e. The van der Waals surface area contributed by atoms with E-state index in [2.05, 4.69) is 0 Å². The molecular weight excluding hydrogens is 253 g/mol. The second-order valence-corrected chi connectivity index (χ2v) is 6.37. The highest BCUT2D eigenvalue weighted by atomic mass is 35.5. The Morgan fingerprint density at radius 3 is 2.59 bits per heavy atom. The zero-order chi connectivity index (χ0) is 12.0. The Morgan fingerprint density at radius 2 is 2.00 bits per heavy atom. The van der Waals surface area contributed by atoms with Crippen LogP contribution in [0, 0.1) is 17.8 Å². The topological polar surface area (TPSA) is 26.0 Å². The van der Waals surface area contributed by atoms with Crippen molar-refractivity contribution in [1.82, 2.24) is 0 Å². The Bertz CT molecular complexity index is 432. The minimum atomic E-state index is 0.0788. The lowest BCUT2D eigenvalue weighted by Crippen LogP contribution is -2.26. The van der Waals surface area contributed by atoms with E-state index in [1.54, 1.807) is 6.07 Å². The molecule has 2 saturated carbocycles. The van der Waals surface area contributed by atoms with Crippen molar-refractivity contribution in [2.24, 2.45) is 23.5 Å². The van der Waals surface area contributed by atoms with Crippen molar-refractivity contribution >= 4 is 23.2 Å². The van der Waals surface area contributed by atoms with E-state index in [0.717, 1.165) is 17.4 Å². The van der Waals surface area contributed by atoms with Crippen LogP contribution in [0.2, 0.25) is 10.0 Å². The number of fused-ring (bicyclic) bond motifs is 2. The first-order valence-electron chi connectivity index (χ1n) is 6.35. The maximum atomic E-state index is 6.41. The average Bonchev–Trinajstić information content (AvgIpc) is 2.89. The second-order valence-electron chi connectivity index (χ2n) is 5.53. The molecule has 0 radical (unpaired) electrons. The van der Waals surface area contributed by atoms with E-state index in [1.807, 2.05) is 12.1 Å². The van der Waals surface area contributed by atoms with Gasteiger partial charge >= 0.3 is 0 Å². The first kappa shape index (κ1) is 11.8. The first-order chi connectivity index (χ1) is 8.15. The number of hydrogen-bond donors (Lipinski definition) is 1. The highest BCUT2D eigenvalue weighted by molar-refractivity contribution is 6.35. The van der Waals surface area contributed by atoms with Gasteiger partial charge in [-0.3, -0.25) is 0 Å². The van der Waals surface area contributed by atoms with Crippen molar-refractivity contribution in [3.05, 3.63) is 33.8 Å². The molecule has 0 aromatic heterocycles. The van der Waals surface area contributed by atoms with Crippen molar-refractivity contribution in [2.75, 3.05) is 0 Å². The van der Waals surface area contributed by atoms with Crippen LogP contribution in [0.15, 0.2) is 18.2 Å². The van der Waals surface area contributed by atoms with Crippen molar-refractivity contribution in [1.29, 1.82) is 0 Å². The molecule has 1 nitrogen and oxygen atoms in total. The SMILES string of the molecule is NC(c1ccc(Cl)cc1Cl)C1CC2CCC1C2. The van der Waals surface area contributed by atoms with Gasteiger partial charge in [0, 0.05) is 16.1 Å². The number of benzene rings is 1. The Balaban J connectivity index is 1.84. The third kappa shape index (κ3) is 2.09. The minimum absolute atomic E-state index is 0.0788. The predicted octanol–water partition coefficient (Wildman–Crippen LogP) is 4.43. The molecular formula is C14H17Cl2N. The van der Waals surface area contributed by atoms with E-state index in [4.69, 9.17) is 28.9 Å². The molecule has 0 saturated heterocycles. The summed E-state index contributed by atoms with van der Waals surface area (Å²) < 4.78 is 0. The van der Waals surface area contributed by atoms with Gasteiger partial charge in [-0.25, -0.2) is 0 Å². The molecule has 0 amide bonds. The van der Waals surface area contributed by atoms with Crippen molar-refractivity contribution in [2.45, 2.75) is 31.7 Å². The van der Waals surface area contributed by atoms with Gasteiger partial charge in [-0.2, -0.15) is 0 Å². The Hall–Kier alpha value is -0.240. The van der Waals surface area contributed by atoms with E-state index in [1.165, 1.54) is 25.7 Å². The van der Waals surface area contributed by atoms with Gasteiger partial charge in [0.1, 0.15) is 0 Å². The summed E-state index contributed by atoms with van der Waals surface area (Å²) in [7, 11) is 0. The van der Waals surface area contributed by atoms with Gasteiger partial charge in [0.25, 0.3) is 0 Å². The molecule has 0 spiro atoms. The monoisotopic (exact) mass is 269 g/mol. The molecule has 4 unspecified atom stereocenters. The quantitative estimate of drug-likeness (QED) is 0.845. The van der Waals surface area contributed by atoms with Crippen LogP contribution in [-0.2, 0) is 0 Å². The normalized spacial score (nSPS) is 33.0. The molecule has 1 aromatic rings. The van der Waals surface area contributed by atoms with Crippen LogP contribution in [0.4, 0.5) is 0 Å². The summed E-state index contributed by atoms with van der Waals surface area (Å²) >= 11 is 12.2. The summed E-state index contributed by atoms with van der Waals surface area (Å²) in [6.45, 7) is 0. The van der Waals surface area contributed by atoms with Gasteiger partial charge < -0.3 is 5.73 Å². The van der Waals surface area contributed by atoms with E-state index >= 15 is 0 Å². The van der Waals surface area contributed by atoms with Crippen molar-refractivity contribution in [3.63, 3.8) is 0 Å². The zero-order valence-corrected chi connectivity index (χ0v) is 11.2. The molecule has 2 aliphatic carbocycles. The maximum absolute atomic E-state index is 6.41. The Labute approximate surface area is 112 Å². The van der Waals surface area contributed by atoms with E-state index in [-0.39, 0.29) is 6.04 Å². The molecule has 0 aliphatic heterocycles. The summed E-state index contributed by atoms with van der Waals surface area (Å²) in [6.07, 6.45) is 5.42. The summed E-state index contributed by atoms with van der Waals surface area (Å²) in [5.74, 6) is 2.36. The van der Waals surface area contributed by atoms with Crippen molar-refractivity contribution < 1.29 is 0 Å². The number of rotatable bonds is 2. The van der Waals surface area contributed by atoms with Crippen LogP contribution in [0.25, 0.3) is 0 Å². The fourth-order valence-corrected chi connectivity index (χ4v) is 4.27. The van der Waals surface area contributed by atoms with E-state index < -0.39 is 0 Å². The molecule has 92 valence electrons. The van der Waals surface area contributed by atoms with E-state index in [0.29, 0.717) is 16.0 Å². The number of halogens is 2. The standard InChI is InChI=1S/C14H17Cl2N/c15-10-3-4-11(13(16)7-10)14(17)12-6-8-1-2-9(12)5-8/h3-4,7-9,12,14H,1-2,5-6,17H2. The van der Waals surface area contributed by atoms with Crippen LogP contribution in [0.3, 0.4) is 0 Å². The fourth-order valence-electron chi connectivity index (χ4n) is 3.74. The molecule has 0 heterocycles. The largest absolute Gasteiger partial charge is 0.324 e. The summed E-state index contributed by atoms with van der Waals surface area (Å²) in [6, 6.07) is 5.75. The molecule has 4 atom stereocenters. The Kier molecular flexibility index (Phi) is 3.10. The molecule has 2 bridgehead atoms. The maximum Gasteiger partial charge on any atom is 0.0468 e. The third-order valence-electron chi connectivity index (χ3n) is 4.58. The number of hydrogen-bond acceptors (Lipinski definition) is 1. The van der Waals surface area contributed by atoms with Gasteiger partial charge in [-0.05, 0) is 54.7 Å². The smallest absolute Gasteiger partial charge is 0.0468 e. The lowest BCUT2D eigenvalue weighted by molar-refractivity contribution is 0.284. The molecule has 2 N–H and O–H groups in total. The predicted molar refractivity (Wildman–Crippen MR) is 72.3 cm³/mol. The van der Waals surface area contributed by atoms with Crippen LogP contribution >= 0.6 is 23.2 Å². The van der Waals surface area contributed by atoms with Crippen LogP contribution in [0.5, 0.6) is 0 Å². The lowest BCUT2D eigenvalue weighted by Gasteiger charge is -2.28. The third-order valence-corrected chi connectivity index (χ3v) is 5.14. The second kappa shape index (κ2) is 4.46. The zero-order valence-electron chi connectivity index (χ0n) is 9.70. The molecule has 2 aliphatic rings. The molecule has 3 heteroatoms. The van der Waals surface area contributed by atoms with Crippen LogP contribution in [-0.4, -0.2) is 0 Å². The molecule has 3 rings (SSSR count). The highest BCUT2D eigenvalue weighted by Crippen LogP contribution is 2.52. The summed E-state index contributed by atoms with van der Waals surface area (Å²) in [5.41, 5.74) is 7.47. The van der Waals surface area contributed by atoms with Gasteiger partial charge in [0.05, 0.1) is 0 Å². The van der Waals surface area contributed by atoms with Gasteiger partial charge in [-0.1, -0.05) is 35.7 Å². The van der Waals surface area contributed by atoms with Crippen LogP contribution < -0.4 is 5.73 Å². The number of nitrogens with two attached hydrogens (primary N) is 1. The average molecular weight is 270 g/mol. The lowest BCUT2D eigenvalue weighted by atomic mass is 9.81. The first-order valence-corrected chi connectivity index (χ1v) is 7.11. The Morgan fingerprint density at radius 1 is 1.18 bits per heavy atom. The van der Waals surface area contributed by atoms with Crippen LogP contribution in [0.1, 0.15) is 37.3 Å². The fraction of sp³-hybridized carbons (Fsp3) is 0.571.